The van der Waals surface area contributed by atoms with Crippen LogP contribution in [0.15, 0.2) is 23.2 Å². The Morgan fingerprint density at radius 3 is 2.44 bits per heavy atom. The van der Waals surface area contributed by atoms with Crippen molar-refractivity contribution in [3.05, 3.63) is 23.8 Å². The lowest BCUT2D eigenvalue weighted by Gasteiger charge is -2.22. The van der Waals surface area contributed by atoms with Crippen LogP contribution in [-0.2, 0) is 0 Å². The summed E-state index contributed by atoms with van der Waals surface area (Å²) >= 11 is 0. The van der Waals surface area contributed by atoms with Gasteiger partial charge in [0.05, 0.1) is 26.9 Å². The molecule has 2 aliphatic rings. The number of likely N-dealkylation sites (tertiary alicyclic amines) is 1. The van der Waals surface area contributed by atoms with Gasteiger partial charge in [0.2, 0.25) is 0 Å². The van der Waals surface area contributed by atoms with E-state index < -0.39 is 6.10 Å². The first-order chi connectivity index (χ1) is 13.2. The zero-order valence-electron chi connectivity index (χ0n) is 16.8. The Morgan fingerprint density at radius 1 is 1.19 bits per heavy atom. The molecule has 1 saturated heterocycles. The van der Waals surface area contributed by atoms with Gasteiger partial charge in [-0.1, -0.05) is 18.9 Å². The third-order valence-corrected chi connectivity index (χ3v) is 5.82. The highest BCUT2D eigenvalue weighted by Gasteiger charge is 2.35. The normalized spacial score (nSPS) is 23.7. The summed E-state index contributed by atoms with van der Waals surface area (Å²) in [5, 5.41) is 14.0. The second kappa shape index (κ2) is 9.31. The first-order valence-electron chi connectivity index (χ1n) is 10.1. The summed E-state index contributed by atoms with van der Waals surface area (Å²) in [5.74, 6) is 3.81. The molecule has 0 spiro atoms. The maximum Gasteiger partial charge on any atom is 0.194 e. The van der Waals surface area contributed by atoms with Gasteiger partial charge < -0.3 is 24.8 Å². The molecule has 1 saturated carbocycles. The highest BCUT2D eigenvalue weighted by Crippen LogP contribution is 2.36. The van der Waals surface area contributed by atoms with Gasteiger partial charge in [0.1, 0.15) is 0 Å². The summed E-state index contributed by atoms with van der Waals surface area (Å²) in [7, 11) is 3.21. The predicted octanol–water partition coefficient (Wildman–Crippen LogP) is 2.82. The van der Waals surface area contributed by atoms with E-state index in [-0.39, 0.29) is 0 Å². The van der Waals surface area contributed by atoms with Crippen LogP contribution in [0, 0.1) is 11.8 Å². The van der Waals surface area contributed by atoms with E-state index in [0.29, 0.717) is 18.0 Å². The van der Waals surface area contributed by atoms with Crippen molar-refractivity contribution in [3.8, 4) is 11.5 Å². The van der Waals surface area contributed by atoms with Crippen molar-refractivity contribution in [3.63, 3.8) is 0 Å². The third kappa shape index (κ3) is 4.67. The zero-order chi connectivity index (χ0) is 19.2. The van der Waals surface area contributed by atoms with Crippen molar-refractivity contribution in [2.24, 2.45) is 16.8 Å². The van der Waals surface area contributed by atoms with Crippen molar-refractivity contribution >= 4 is 5.96 Å². The predicted molar refractivity (Wildman–Crippen MR) is 108 cm³/mol. The van der Waals surface area contributed by atoms with Gasteiger partial charge in [0, 0.05) is 19.6 Å². The fourth-order valence-electron chi connectivity index (χ4n) is 4.34. The van der Waals surface area contributed by atoms with Gasteiger partial charge in [-0.25, -0.2) is 0 Å². The molecular weight excluding hydrogens is 342 g/mol. The number of nitrogens with one attached hydrogen (secondary N) is 1. The zero-order valence-corrected chi connectivity index (χ0v) is 16.8. The number of guanidine groups is 1. The summed E-state index contributed by atoms with van der Waals surface area (Å²) in [6, 6.07) is 5.49. The van der Waals surface area contributed by atoms with E-state index in [4.69, 9.17) is 14.5 Å². The molecule has 1 aromatic rings. The van der Waals surface area contributed by atoms with Crippen LogP contribution in [0.5, 0.6) is 11.5 Å². The maximum atomic E-state index is 10.6. The molecular formula is C21H33N3O3. The molecule has 1 aromatic carbocycles. The molecule has 27 heavy (non-hydrogen) atoms. The summed E-state index contributed by atoms with van der Waals surface area (Å²) in [6.07, 6.45) is 4.73. The first-order valence-corrected chi connectivity index (χ1v) is 10.1. The molecule has 0 radical (unpaired) electrons. The summed E-state index contributed by atoms with van der Waals surface area (Å²) < 4.78 is 10.6. The van der Waals surface area contributed by atoms with Gasteiger partial charge in [-0.15, -0.1) is 0 Å². The number of aliphatic imine (C=N–C) groups is 1. The molecule has 6 nitrogen and oxygen atoms in total. The highest BCUT2D eigenvalue weighted by molar-refractivity contribution is 5.80. The fourth-order valence-corrected chi connectivity index (χ4v) is 4.34. The summed E-state index contributed by atoms with van der Waals surface area (Å²) in [4.78, 5) is 7.12. The van der Waals surface area contributed by atoms with Crippen molar-refractivity contribution in [1.29, 1.82) is 0 Å². The summed E-state index contributed by atoms with van der Waals surface area (Å²) in [5.41, 5.74) is 0.780. The van der Waals surface area contributed by atoms with Gasteiger partial charge in [0.15, 0.2) is 17.5 Å². The molecule has 0 bridgehead atoms. The number of aliphatic hydroxyl groups is 1. The lowest BCUT2D eigenvalue weighted by molar-refractivity contribution is 0.186. The molecule has 0 aromatic heterocycles. The van der Waals surface area contributed by atoms with Crippen LogP contribution in [0.3, 0.4) is 0 Å². The standard InChI is InChI=1S/C21H33N3O3/c1-4-22-21(24-13-16-7-5-6-8-17(16)14-24)23-12-18(25)15-9-10-19(26-2)20(11-15)27-3/h9-11,16-18,25H,4-8,12-14H2,1-3H3,(H,22,23). The molecule has 3 atom stereocenters. The molecule has 2 N–H and O–H groups in total. The average molecular weight is 376 g/mol. The monoisotopic (exact) mass is 375 g/mol. The Labute approximate surface area is 162 Å². The molecule has 6 heteroatoms. The van der Waals surface area contributed by atoms with E-state index >= 15 is 0 Å². The molecule has 1 aliphatic carbocycles. The van der Waals surface area contributed by atoms with E-state index in [2.05, 4.69) is 17.1 Å². The van der Waals surface area contributed by atoms with E-state index in [1.54, 1.807) is 14.2 Å². The molecule has 0 amide bonds. The molecule has 2 fully saturated rings. The number of fused-ring (bicyclic) bond motifs is 1. The number of rotatable bonds is 6. The Hall–Kier alpha value is -1.95. The smallest absolute Gasteiger partial charge is 0.194 e. The Balaban J connectivity index is 1.67. The van der Waals surface area contributed by atoms with Gasteiger partial charge in [-0.05, 0) is 49.3 Å². The van der Waals surface area contributed by atoms with Crippen LogP contribution in [-0.4, -0.2) is 56.4 Å². The van der Waals surface area contributed by atoms with Crippen LogP contribution >= 0.6 is 0 Å². The van der Waals surface area contributed by atoms with Crippen molar-refractivity contribution in [1.82, 2.24) is 10.2 Å². The SMILES string of the molecule is CCNC(=NCC(O)c1ccc(OC)c(OC)c1)N1CC2CCCCC2C1. The van der Waals surface area contributed by atoms with E-state index in [0.717, 1.165) is 43.0 Å². The Bertz CT molecular complexity index is 636. The van der Waals surface area contributed by atoms with Gasteiger partial charge >= 0.3 is 0 Å². The Kier molecular flexibility index (Phi) is 6.83. The molecule has 3 unspecified atom stereocenters. The number of aliphatic hydroxyl groups excluding tert-OH is 1. The lowest BCUT2D eigenvalue weighted by atomic mass is 9.82. The third-order valence-electron chi connectivity index (χ3n) is 5.82. The minimum Gasteiger partial charge on any atom is -0.493 e. The molecule has 1 heterocycles. The van der Waals surface area contributed by atoms with Gasteiger partial charge in [-0.2, -0.15) is 0 Å². The number of hydrogen-bond acceptors (Lipinski definition) is 4. The first kappa shape index (κ1) is 19.8. The van der Waals surface area contributed by atoms with Crippen LogP contribution in [0.4, 0.5) is 0 Å². The van der Waals surface area contributed by atoms with Gasteiger partial charge in [0.25, 0.3) is 0 Å². The number of hydrogen-bond donors (Lipinski definition) is 2. The van der Waals surface area contributed by atoms with Crippen LogP contribution in [0.2, 0.25) is 0 Å². The molecule has 150 valence electrons. The van der Waals surface area contributed by atoms with E-state index in [9.17, 15) is 5.11 Å². The number of nitrogens with zero attached hydrogens (tertiary/aromatic N) is 2. The Morgan fingerprint density at radius 2 is 1.85 bits per heavy atom. The van der Waals surface area contributed by atoms with Crippen LogP contribution < -0.4 is 14.8 Å². The van der Waals surface area contributed by atoms with E-state index in [1.807, 2.05) is 18.2 Å². The second-order valence-electron chi connectivity index (χ2n) is 7.53. The highest BCUT2D eigenvalue weighted by atomic mass is 16.5. The quantitative estimate of drug-likeness (QED) is 0.591. The molecule has 1 aliphatic heterocycles. The topological polar surface area (TPSA) is 66.3 Å². The largest absolute Gasteiger partial charge is 0.493 e. The second-order valence-corrected chi connectivity index (χ2v) is 7.53. The van der Waals surface area contributed by atoms with Gasteiger partial charge in [-0.3, -0.25) is 4.99 Å². The van der Waals surface area contributed by atoms with Crippen molar-refractivity contribution in [2.75, 3.05) is 40.4 Å². The minimum atomic E-state index is -0.677. The maximum absolute atomic E-state index is 10.6. The lowest BCUT2D eigenvalue weighted by Crippen LogP contribution is -2.40. The fraction of sp³-hybridized carbons (Fsp3) is 0.667. The van der Waals surface area contributed by atoms with Crippen molar-refractivity contribution < 1.29 is 14.6 Å². The minimum absolute atomic E-state index is 0.323. The number of ether oxygens (including phenoxy) is 2. The van der Waals surface area contributed by atoms with Crippen LogP contribution in [0.25, 0.3) is 0 Å². The number of methoxy groups -OCH3 is 2. The summed E-state index contributed by atoms with van der Waals surface area (Å²) in [6.45, 7) is 5.41. The van der Waals surface area contributed by atoms with Crippen LogP contribution in [0.1, 0.15) is 44.3 Å². The van der Waals surface area contributed by atoms with Crippen molar-refractivity contribution in [2.45, 2.75) is 38.7 Å². The molecule has 3 rings (SSSR count). The number of benzene rings is 1. The average Bonchev–Trinajstić information content (AvgIpc) is 3.14. The van der Waals surface area contributed by atoms with E-state index in [1.165, 1.54) is 25.7 Å².